The maximum atomic E-state index is 4.34. The van der Waals surface area contributed by atoms with Crippen LogP contribution in [0.15, 0.2) is 11.6 Å². The van der Waals surface area contributed by atoms with Crippen molar-refractivity contribution in [3.05, 3.63) is 16.6 Å². The van der Waals surface area contributed by atoms with Crippen molar-refractivity contribution in [1.82, 2.24) is 10.3 Å². The first kappa shape index (κ1) is 12.7. The molecule has 1 aromatic rings. The van der Waals surface area contributed by atoms with E-state index in [4.69, 9.17) is 0 Å². The average Bonchev–Trinajstić information content (AvgIpc) is 2.52. The van der Waals surface area contributed by atoms with Gasteiger partial charge in [0.25, 0.3) is 0 Å². The fourth-order valence-corrected chi connectivity index (χ4v) is 2.19. The van der Waals surface area contributed by atoms with Gasteiger partial charge >= 0.3 is 0 Å². The zero-order valence-electron chi connectivity index (χ0n) is 10.4. The summed E-state index contributed by atoms with van der Waals surface area (Å²) in [6, 6.07) is 0. The van der Waals surface area contributed by atoms with Gasteiger partial charge in [-0.25, -0.2) is 4.98 Å². The maximum Gasteiger partial charge on any atom is 0.0930 e. The summed E-state index contributed by atoms with van der Waals surface area (Å²) in [6.07, 6.45) is 2.93. The fraction of sp³-hybridized carbons (Fsp3) is 0.750. The van der Waals surface area contributed by atoms with E-state index in [1.807, 2.05) is 11.6 Å². The molecule has 1 rings (SSSR count). The lowest BCUT2D eigenvalue weighted by Gasteiger charge is -2.29. The lowest BCUT2D eigenvalue weighted by molar-refractivity contribution is 0.288. The molecule has 0 spiro atoms. The van der Waals surface area contributed by atoms with Crippen LogP contribution in [0.1, 0.15) is 39.6 Å². The highest BCUT2D eigenvalue weighted by molar-refractivity contribution is 7.09. The molecule has 0 amide bonds. The molecule has 0 aromatic carbocycles. The molecule has 0 saturated carbocycles. The third-order valence-electron chi connectivity index (χ3n) is 2.21. The van der Waals surface area contributed by atoms with E-state index in [2.05, 4.69) is 44.9 Å². The number of nitrogens with one attached hydrogen (secondary N) is 1. The van der Waals surface area contributed by atoms with Gasteiger partial charge in [-0.05, 0) is 26.2 Å². The standard InChI is InChI=1S/C12H22N2S/c1-11(2,3)14-9-12(4,5)8-10-13-6-7-15-10/h6-7,14H,8-9H2,1-5H3. The van der Waals surface area contributed by atoms with Crippen molar-refractivity contribution < 1.29 is 0 Å². The highest BCUT2D eigenvalue weighted by Crippen LogP contribution is 2.22. The number of rotatable bonds is 4. The second-order valence-corrected chi connectivity index (χ2v) is 6.85. The molecule has 0 atom stereocenters. The Morgan fingerprint density at radius 2 is 1.93 bits per heavy atom. The minimum atomic E-state index is 0.195. The first-order valence-electron chi connectivity index (χ1n) is 5.42. The Bertz CT molecular complexity index is 283. The predicted molar refractivity (Wildman–Crippen MR) is 67.4 cm³/mol. The lowest BCUT2D eigenvalue weighted by Crippen LogP contribution is -2.42. The molecule has 0 radical (unpaired) electrons. The normalized spacial score (nSPS) is 13.1. The molecule has 0 fully saturated rings. The van der Waals surface area contributed by atoms with Gasteiger partial charge in [-0.1, -0.05) is 13.8 Å². The molecule has 1 N–H and O–H groups in total. The number of aromatic nitrogens is 1. The average molecular weight is 226 g/mol. The summed E-state index contributed by atoms with van der Waals surface area (Å²) in [5.41, 5.74) is 0.464. The minimum Gasteiger partial charge on any atom is -0.312 e. The van der Waals surface area contributed by atoms with Gasteiger partial charge in [-0.2, -0.15) is 0 Å². The minimum absolute atomic E-state index is 0.195. The maximum absolute atomic E-state index is 4.34. The van der Waals surface area contributed by atoms with E-state index in [-0.39, 0.29) is 11.0 Å². The molecular weight excluding hydrogens is 204 g/mol. The van der Waals surface area contributed by atoms with Crippen molar-refractivity contribution in [2.24, 2.45) is 5.41 Å². The zero-order valence-corrected chi connectivity index (χ0v) is 11.2. The van der Waals surface area contributed by atoms with Crippen LogP contribution >= 0.6 is 11.3 Å². The van der Waals surface area contributed by atoms with Gasteiger partial charge in [-0.3, -0.25) is 0 Å². The van der Waals surface area contributed by atoms with Gasteiger partial charge in [0, 0.05) is 30.1 Å². The summed E-state index contributed by atoms with van der Waals surface area (Å²) in [5, 5.41) is 6.83. The Kier molecular flexibility index (Phi) is 3.90. The van der Waals surface area contributed by atoms with Crippen LogP contribution in [-0.4, -0.2) is 17.1 Å². The molecule has 86 valence electrons. The molecule has 0 unspecified atom stereocenters. The zero-order chi connectivity index (χ0) is 11.5. The van der Waals surface area contributed by atoms with Gasteiger partial charge in [0.1, 0.15) is 0 Å². The topological polar surface area (TPSA) is 24.9 Å². The Labute approximate surface area is 97.1 Å². The van der Waals surface area contributed by atoms with Gasteiger partial charge in [-0.15, -0.1) is 11.3 Å². The van der Waals surface area contributed by atoms with Crippen molar-refractivity contribution >= 4 is 11.3 Å². The lowest BCUT2D eigenvalue weighted by atomic mass is 9.88. The smallest absolute Gasteiger partial charge is 0.0930 e. The summed E-state index contributed by atoms with van der Waals surface area (Å²) in [7, 11) is 0. The van der Waals surface area contributed by atoms with Crippen molar-refractivity contribution in [3.8, 4) is 0 Å². The molecule has 3 heteroatoms. The number of hydrogen-bond acceptors (Lipinski definition) is 3. The van der Waals surface area contributed by atoms with Crippen LogP contribution in [0.4, 0.5) is 0 Å². The summed E-state index contributed by atoms with van der Waals surface area (Å²) in [6.45, 7) is 12.2. The Morgan fingerprint density at radius 1 is 1.27 bits per heavy atom. The van der Waals surface area contributed by atoms with Crippen molar-refractivity contribution in [2.45, 2.75) is 46.6 Å². The second-order valence-electron chi connectivity index (χ2n) is 5.87. The molecule has 0 aliphatic heterocycles. The Morgan fingerprint density at radius 3 is 2.40 bits per heavy atom. The fourth-order valence-electron chi connectivity index (χ4n) is 1.32. The Hall–Kier alpha value is -0.410. The van der Waals surface area contributed by atoms with Crippen LogP contribution in [0.25, 0.3) is 0 Å². The highest BCUT2D eigenvalue weighted by Gasteiger charge is 2.22. The number of hydrogen-bond donors (Lipinski definition) is 1. The molecule has 15 heavy (non-hydrogen) atoms. The largest absolute Gasteiger partial charge is 0.312 e. The molecule has 2 nitrogen and oxygen atoms in total. The van der Waals surface area contributed by atoms with E-state index in [0.717, 1.165) is 13.0 Å². The Balaban J connectivity index is 2.45. The first-order chi connectivity index (χ1) is 6.79. The van der Waals surface area contributed by atoms with Crippen molar-refractivity contribution in [1.29, 1.82) is 0 Å². The van der Waals surface area contributed by atoms with Gasteiger partial charge < -0.3 is 5.32 Å². The number of nitrogens with zero attached hydrogens (tertiary/aromatic N) is 1. The van der Waals surface area contributed by atoms with E-state index >= 15 is 0 Å². The van der Waals surface area contributed by atoms with E-state index in [1.54, 1.807) is 11.3 Å². The highest BCUT2D eigenvalue weighted by atomic mass is 32.1. The number of thiazole rings is 1. The van der Waals surface area contributed by atoms with Crippen LogP contribution in [0.3, 0.4) is 0 Å². The molecular formula is C12H22N2S. The summed E-state index contributed by atoms with van der Waals surface area (Å²) >= 11 is 1.74. The van der Waals surface area contributed by atoms with E-state index in [1.165, 1.54) is 5.01 Å². The molecule has 1 heterocycles. The van der Waals surface area contributed by atoms with Gasteiger partial charge in [0.2, 0.25) is 0 Å². The summed E-state index contributed by atoms with van der Waals surface area (Å²) < 4.78 is 0. The first-order valence-corrected chi connectivity index (χ1v) is 6.30. The SMILES string of the molecule is CC(C)(CNC(C)(C)C)Cc1nccs1. The molecule has 1 aromatic heterocycles. The van der Waals surface area contributed by atoms with Crippen molar-refractivity contribution in [3.63, 3.8) is 0 Å². The molecule has 0 aliphatic rings. The van der Waals surface area contributed by atoms with Crippen LogP contribution in [-0.2, 0) is 6.42 Å². The van der Waals surface area contributed by atoms with Crippen LogP contribution in [0.2, 0.25) is 0 Å². The third kappa shape index (κ3) is 5.28. The van der Waals surface area contributed by atoms with Crippen LogP contribution in [0.5, 0.6) is 0 Å². The van der Waals surface area contributed by atoms with Gasteiger partial charge in [0.15, 0.2) is 0 Å². The molecule has 0 saturated heterocycles. The summed E-state index contributed by atoms with van der Waals surface area (Å²) in [4.78, 5) is 4.34. The van der Waals surface area contributed by atoms with E-state index in [0.29, 0.717) is 0 Å². The van der Waals surface area contributed by atoms with Crippen LogP contribution in [0, 0.1) is 5.41 Å². The van der Waals surface area contributed by atoms with Crippen LogP contribution < -0.4 is 5.32 Å². The van der Waals surface area contributed by atoms with E-state index < -0.39 is 0 Å². The van der Waals surface area contributed by atoms with E-state index in [9.17, 15) is 0 Å². The molecule has 0 aliphatic carbocycles. The van der Waals surface area contributed by atoms with Gasteiger partial charge in [0.05, 0.1) is 5.01 Å². The van der Waals surface area contributed by atoms with Crippen molar-refractivity contribution in [2.75, 3.05) is 6.54 Å². The predicted octanol–water partition coefficient (Wildman–Crippen LogP) is 3.10. The summed E-state index contributed by atoms with van der Waals surface area (Å²) in [5.74, 6) is 0. The second kappa shape index (κ2) is 4.62. The third-order valence-corrected chi connectivity index (χ3v) is 2.99. The monoisotopic (exact) mass is 226 g/mol. The molecule has 0 bridgehead atoms. The quantitative estimate of drug-likeness (QED) is 0.853.